The summed E-state index contributed by atoms with van der Waals surface area (Å²) >= 11 is 0. The average Bonchev–Trinajstić information content (AvgIpc) is 3.14. The van der Waals surface area contributed by atoms with Gasteiger partial charge in [-0.05, 0) is 48.9 Å². The van der Waals surface area contributed by atoms with Crippen molar-refractivity contribution in [3.05, 3.63) is 77.6 Å². The normalized spacial score (nSPS) is 11.6. The molecule has 5 nitrogen and oxygen atoms in total. The number of anilines is 1. The largest absolute Gasteiger partial charge is 0.417 e. The Hall–Kier alpha value is -3.68. The lowest BCUT2D eigenvalue weighted by atomic mass is 10.0. The van der Waals surface area contributed by atoms with E-state index in [0.29, 0.717) is 17.1 Å². The molecule has 0 unspecified atom stereocenters. The Bertz CT molecular complexity index is 1260. The monoisotopic (exact) mass is 410 g/mol. The third-order valence-electron chi connectivity index (χ3n) is 4.86. The molecule has 0 spiro atoms. The van der Waals surface area contributed by atoms with Gasteiger partial charge in [0.05, 0.1) is 16.8 Å². The summed E-state index contributed by atoms with van der Waals surface area (Å²) in [5.74, 6) is -0.283. The van der Waals surface area contributed by atoms with Crippen LogP contribution in [0.15, 0.2) is 60.8 Å². The van der Waals surface area contributed by atoms with E-state index in [0.717, 1.165) is 17.2 Å². The molecule has 0 aliphatic rings. The van der Waals surface area contributed by atoms with E-state index >= 15 is 0 Å². The first kappa shape index (κ1) is 19.6. The second-order valence-electron chi connectivity index (χ2n) is 6.89. The fourth-order valence-corrected chi connectivity index (χ4v) is 3.31. The predicted molar refractivity (Wildman–Crippen MR) is 108 cm³/mol. The molecule has 1 N–H and O–H groups in total. The van der Waals surface area contributed by atoms with Crippen LogP contribution >= 0.6 is 0 Å². The van der Waals surface area contributed by atoms with Crippen molar-refractivity contribution in [2.24, 2.45) is 7.05 Å². The van der Waals surface area contributed by atoms with E-state index in [-0.39, 0.29) is 16.8 Å². The molecule has 0 bridgehead atoms. The minimum Gasteiger partial charge on any atom is -0.320 e. The Morgan fingerprint density at radius 3 is 2.53 bits per heavy atom. The van der Waals surface area contributed by atoms with Gasteiger partial charge in [-0.15, -0.1) is 0 Å². The zero-order chi connectivity index (χ0) is 21.5. The maximum absolute atomic E-state index is 13.2. The van der Waals surface area contributed by atoms with Gasteiger partial charge in [0.25, 0.3) is 5.91 Å². The number of fused-ring (bicyclic) bond motifs is 1. The molecule has 0 aliphatic carbocycles. The number of amides is 1. The van der Waals surface area contributed by atoms with Crippen molar-refractivity contribution in [3.63, 3.8) is 0 Å². The number of hydrogen-bond donors (Lipinski definition) is 1. The predicted octanol–water partition coefficient (Wildman–Crippen LogP) is 5.21. The number of aryl methyl sites for hydroxylation is 2. The molecule has 4 rings (SSSR count). The second-order valence-corrected chi connectivity index (χ2v) is 6.89. The number of halogens is 3. The first-order chi connectivity index (χ1) is 14.2. The molecule has 0 fully saturated rings. The van der Waals surface area contributed by atoms with Crippen molar-refractivity contribution < 1.29 is 18.0 Å². The molecule has 30 heavy (non-hydrogen) atoms. The van der Waals surface area contributed by atoms with Gasteiger partial charge in [-0.1, -0.05) is 18.2 Å². The van der Waals surface area contributed by atoms with Crippen LogP contribution in [0.3, 0.4) is 0 Å². The van der Waals surface area contributed by atoms with Crippen LogP contribution in [0, 0.1) is 6.92 Å². The van der Waals surface area contributed by atoms with Crippen molar-refractivity contribution in [1.29, 1.82) is 0 Å². The molecule has 1 amide bonds. The number of alkyl halides is 3. The van der Waals surface area contributed by atoms with E-state index in [1.807, 2.05) is 13.0 Å². The minimum atomic E-state index is -4.44. The smallest absolute Gasteiger partial charge is 0.320 e. The molecular formula is C22H17F3N4O. The molecule has 2 aromatic carbocycles. The summed E-state index contributed by atoms with van der Waals surface area (Å²) in [6.45, 7) is 1.84. The van der Waals surface area contributed by atoms with Crippen LogP contribution in [0.25, 0.3) is 22.2 Å². The summed E-state index contributed by atoms with van der Waals surface area (Å²) < 4.78 is 41.1. The number of pyridine rings is 1. The minimum absolute atomic E-state index is 0.0607. The van der Waals surface area contributed by atoms with Crippen molar-refractivity contribution in [1.82, 2.24) is 14.8 Å². The van der Waals surface area contributed by atoms with Gasteiger partial charge in [0, 0.05) is 29.9 Å². The zero-order valence-electron chi connectivity index (χ0n) is 16.2. The fraction of sp³-hybridized carbons (Fsp3) is 0.136. The van der Waals surface area contributed by atoms with Gasteiger partial charge in [-0.3, -0.25) is 9.48 Å². The first-order valence-electron chi connectivity index (χ1n) is 9.11. The summed E-state index contributed by atoms with van der Waals surface area (Å²) in [5, 5.41) is 6.88. The summed E-state index contributed by atoms with van der Waals surface area (Å²) in [6.07, 6.45) is -2.90. The number of nitrogens with zero attached hydrogens (tertiary/aromatic N) is 3. The molecule has 2 heterocycles. The standard InChI is InChI=1S/C22H17F3N4O/c1-13-12-14(6-8-17(13)28-21(30)20-10-11-26-29(20)2)18-9-7-15-16(22(23,24)25)4-3-5-19(15)27-18/h3-12H,1-2H3,(H,28,30). The van der Waals surface area contributed by atoms with Gasteiger partial charge in [-0.25, -0.2) is 4.98 Å². The Kier molecular flexibility index (Phi) is 4.77. The van der Waals surface area contributed by atoms with Crippen LogP contribution in [-0.2, 0) is 13.2 Å². The third-order valence-corrected chi connectivity index (χ3v) is 4.86. The van der Waals surface area contributed by atoms with E-state index in [1.165, 1.54) is 16.8 Å². The number of hydrogen-bond acceptors (Lipinski definition) is 3. The number of carbonyl (C=O) groups excluding carboxylic acids is 1. The van der Waals surface area contributed by atoms with Crippen LogP contribution in [0.1, 0.15) is 21.6 Å². The SMILES string of the molecule is Cc1cc(-c2ccc3c(C(F)(F)F)cccc3n2)ccc1NC(=O)c1ccnn1C. The van der Waals surface area contributed by atoms with Gasteiger partial charge in [0.15, 0.2) is 0 Å². The second kappa shape index (κ2) is 7.29. The number of benzene rings is 2. The molecule has 0 radical (unpaired) electrons. The lowest BCUT2D eigenvalue weighted by Crippen LogP contribution is -2.16. The highest BCUT2D eigenvalue weighted by Crippen LogP contribution is 2.35. The number of nitrogens with one attached hydrogen (secondary N) is 1. The van der Waals surface area contributed by atoms with Crippen LogP contribution < -0.4 is 5.32 Å². The number of aromatic nitrogens is 3. The summed E-state index contributed by atoms with van der Waals surface area (Å²) in [7, 11) is 1.68. The molecule has 0 saturated heterocycles. The molecule has 2 aromatic heterocycles. The first-order valence-corrected chi connectivity index (χ1v) is 9.11. The highest BCUT2D eigenvalue weighted by Gasteiger charge is 2.32. The van der Waals surface area contributed by atoms with E-state index in [4.69, 9.17) is 0 Å². The molecular weight excluding hydrogens is 393 g/mol. The summed E-state index contributed by atoms with van der Waals surface area (Å²) in [6, 6.07) is 13.9. The Balaban J connectivity index is 1.65. The number of rotatable bonds is 3. The van der Waals surface area contributed by atoms with Crippen molar-refractivity contribution in [2.75, 3.05) is 5.32 Å². The van der Waals surface area contributed by atoms with E-state index in [2.05, 4.69) is 15.4 Å². The fourth-order valence-electron chi connectivity index (χ4n) is 3.31. The Morgan fingerprint density at radius 2 is 1.87 bits per heavy atom. The van der Waals surface area contributed by atoms with Gasteiger partial charge < -0.3 is 5.32 Å². The quantitative estimate of drug-likeness (QED) is 0.504. The lowest BCUT2D eigenvalue weighted by Gasteiger charge is -2.12. The lowest BCUT2D eigenvalue weighted by molar-refractivity contribution is -0.136. The highest BCUT2D eigenvalue weighted by molar-refractivity contribution is 6.03. The maximum atomic E-state index is 13.2. The van der Waals surface area contributed by atoms with Crippen LogP contribution in [0.4, 0.5) is 18.9 Å². The Labute approximate surface area is 170 Å². The Morgan fingerprint density at radius 1 is 1.07 bits per heavy atom. The summed E-state index contributed by atoms with van der Waals surface area (Å²) in [4.78, 5) is 16.8. The molecule has 8 heteroatoms. The van der Waals surface area contributed by atoms with E-state index in [9.17, 15) is 18.0 Å². The molecule has 0 atom stereocenters. The van der Waals surface area contributed by atoms with Gasteiger partial charge in [-0.2, -0.15) is 18.3 Å². The topological polar surface area (TPSA) is 59.8 Å². The summed E-state index contributed by atoms with van der Waals surface area (Å²) in [5.41, 5.74) is 2.71. The van der Waals surface area contributed by atoms with E-state index < -0.39 is 11.7 Å². The molecule has 0 saturated carbocycles. The van der Waals surface area contributed by atoms with Crippen molar-refractivity contribution >= 4 is 22.5 Å². The molecule has 152 valence electrons. The third kappa shape index (κ3) is 3.63. The maximum Gasteiger partial charge on any atom is 0.417 e. The molecule has 0 aliphatic heterocycles. The van der Waals surface area contributed by atoms with Crippen LogP contribution in [0.2, 0.25) is 0 Å². The van der Waals surface area contributed by atoms with Gasteiger partial charge >= 0.3 is 6.18 Å². The van der Waals surface area contributed by atoms with Crippen LogP contribution in [-0.4, -0.2) is 20.7 Å². The van der Waals surface area contributed by atoms with Gasteiger partial charge in [0.2, 0.25) is 0 Å². The highest BCUT2D eigenvalue weighted by atomic mass is 19.4. The van der Waals surface area contributed by atoms with Crippen molar-refractivity contribution in [3.8, 4) is 11.3 Å². The van der Waals surface area contributed by atoms with Crippen LogP contribution in [0.5, 0.6) is 0 Å². The number of carbonyl (C=O) groups is 1. The van der Waals surface area contributed by atoms with Crippen molar-refractivity contribution in [2.45, 2.75) is 13.1 Å². The zero-order valence-corrected chi connectivity index (χ0v) is 16.2. The van der Waals surface area contributed by atoms with Gasteiger partial charge in [0.1, 0.15) is 5.69 Å². The average molecular weight is 410 g/mol. The molecule has 4 aromatic rings. The van der Waals surface area contributed by atoms with E-state index in [1.54, 1.807) is 43.6 Å².